The summed E-state index contributed by atoms with van der Waals surface area (Å²) in [6.45, 7) is 47.8. The Kier molecular flexibility index (Phi) is 39.6. The van der Waals surface area contributed by atoms with Gasteiger partial charge in [-0.1, -0.05) is 220 Å². The molecule has 0 N–H and O–H groups in total. The highest BCUT2D eigenvalue weighted by Crippen LogP contribution is 2.33. The van der Waals surface area contributed by atoms with Gasteiger partial charge in [-0.25, -0.2) is 0 Å². The Morgan fingerprint density at radius 2 is 0.846 bits per heavy atom. The molecule has 3 aliphatic rings. The smallest absolute Gasteiger partial charge is 0.143 e. The minimum absolute atomic E-state index is 0. The van der Waals surface area contributed by atoms with Crippen LogP contribution in [0.15, 0.2) is 207 Å². The molecule has 13 nitrogen and oxygen atoms in total. The first-order valence-electron chi connectivity index (χ1n) is 36.8. The van der Waals surface area contributed by atoms with Crippen molar-refractivity contribution in [2.75, 3.05) is 0 Å². The van der Waals surface area contributed by atoms with Gasteiger partial charge in [0.05, 0.1) is 29.5 Å². The van der Waals surface area contributed by atoms with Gasteiger partial charge in [0.25, 0.3) is 0 Å². The average molecular weight is 1410 g/mol. The zero-order valence-corrected chi connectivity index (χ0v) is 66.2. The molecular formula is C91H124N10O3. The highest BCUT2D eigenvalue weighted by Gasteiger charge is 2.28. The Bertz CT molecular complexity index is 3640. The van der Waals surface area contributed by atoms with Gasteiger partial charge in [-0.15, -0.1) is 0 Å². The monoisotopic (exact) mass is 1400 g/mol. The van der Waals surface area contributed by atoms with E-state index in [0.29, 0.717) is 84.6 Å². The fourth-order valence-corrected chi connectivity index (χ4v) is 10.8. The molecule has 0 saturated heterocycles. The van der Waals surface area contributed by atoms with Crippen molar-refractivity contribution >= 4 is 17.6 Å². The first-order chi connectivity index (χ1) is 48.9. The van der Waals surface area contributed by atoms with E-state index >= 15 is 0 Å². The van der Waals surface area contributed by atoms with Crippen LogP contribution in [-0.2, 0) is 52.5 Å². The van der Waals surface area contributed by atoms with Gasteiger partial charge in [-0.2, -0.15) is 10.2 Å². The minimum Gasteiger partial charge on any atom is -0.364 e. The molecule has 0 amide bonds. The van der Waals surface area contributed by atoms with E-state index in [9.17, 15) is 9.59 Å². The van der Waals surface area contributed by atoms with Crippen molar-refractivity contribution in [2.24, 2.45) is 0 Å². The van der Waals surface area contributed by atoms with Gasteiger partial charge in [0.1, 0.15) is 17.8 Å². The molecule has 9 aromatic heterocycles. The third kappa shape index (κ3) is 32.5. The van der Waals surface area contributed by atoms with Crippen molar-refractivity contribution in [3.05, 3.63) is 292 Å². The van der Waals surface area contributed by atoms with E-state index in [0.717, 1.165) is 35.5 Å². The SMILES string of the molecule is C.CC(C)(C)c1ccnc2c1CC(=O)C2.CC(C)(C)c1ccnc2c1CCC(=O)C2.CC(C)c1ccccc1.CC(C)c1ccccn1.CC(C)c1cccnc1.CC(C)c1ccnc2c1C=CC2.CC(C)c1ccncc1.CC(C)c1ccncc1.CC(C)c1ccnnc1.CC(C)c1cnoc1. The summed E-state index contributed by atoms with van der Waals surface area (Å²) < 4.78 is 4.63. The van der Waals surface area contributed by atoms with Crippen molar-refractivity contribution in [1.82, 2.24) is 50.2 Å². The molecule has 0 saturated carbocycles. The van der Waals surface area contributed by atoms with E-state index in [-0.39, 0.29) is 18.3 Å². The average Bonchev–Trinajstić information content (AvgIpc) is 1.34. The fourth-order valence-electron chi connectivity index (χ4n) is 10.8. The molecule has 0 unspecified atom stereocenters. The maximum atomic E-state index is 11.3. The lowest BCUT2D eigenvalue weighted by atomic mass is 9.80. The summed E-state index contributed by atoms with van der Waals surface area (Å²) in [6.07, 6.45) is 33.9. The van der Waals surface area contributed by atoms with Crippen molar-refractivity contribution in [1.29, 1.82) is 0 Å². The molecule has 0 atom stereocenters. The number of Topliss-reactive ketones (excluding diaryl/α,β-unsaturated/α-hetero) is 2. The highest BCUT2D eigenvalue weighted by atomic mass is 16.5. The number of allylic oxidation sites excluding steroid dienone is 1. The maximum Gasteiger partial charge on any atom is 0.143 e. The largest absolute Gasteiger partial charge is 0.364 e. The van der Waals surface area contributed by atoms with Crippen LogP contribution in [0, 0.1) is 0 Å². The normalized spacial score (nSPS) is 12.1. The van der Waals surface area contributed by atoms with Gasteiger partial charge in [0.2, 0.25) is 0 Å². The molecule has 0 radical (unpaired) electrons. The number of fused-ring (bicyclic) bond motifs is 3. The number of nitrogens with zero attached hydrogens (tertiary/aromatic N) is 10. The summed E-state index contributed by atoms with van der Waals surface area (Å²) in [4.78, 5) is 51.7. The number of rotatable bonds is 8. The minimum atomic E-state index is 0. The lowest BCUT2D eigenvalue weighted by Crippen LogP contribution is -2.22. The van der Waals surface area contributed by atoms with Crippen LogP contribution in [-0.4, -0.2) is 61.8 Å². The van der Waals surface area contributed by atoms with Gasteiger partial charge < -0.3 is 4.52 Å². The number of hydrogen-bond acceptors (Lipinski definition) is 13. The zero-order chi connectivity index (χ0) is 76.1. The summed E-state index contributed by atoms with van der Waals surface area (Å²) in [6, 6.07) is 37.0. The van der Waals surface area contributed by atoms with Crippen LogP contribution in [0.3, 0.4) is 0 Å². The zero-order valence-electron chi connectivity index (χ0n) is 66.2. The summed E-state index contributed by atoms with van der Waals surface area (Å²) >= 11 is 0. The first-order valence-corrected chi connectivity index (χ1v) is 36.8. The predicted molar refractivity (Wildman–Crippen MR) is 434 cm³/mol. The second kappa shape index (κ2) is 46.4. The van der Waals surface area contributed by atoms with Crippen molar-refractivity contribution in [3.63, 3.8) is 0 Å². The molecule has 556 valence electrons. The highest BCUT2D eigenvalue weighted by molar-refractivity contribution is 5.88. The Hall–Kier alpha value is -9.36. The van der Waals surface area contributed by atoms with E-state index in [1.807, 2.05) is 123 Å². The van der Waals surface area contributed by atoms with Crippen LogP contribution in [0.4, 0.5) is 0 Å². The van der Waals surface area contributed by atoms with Crippen LogP contribution in [0.2, 0.25) is 0 Å². The second-order valence-corrected chi connectivity index (χ2v) is 30.4. The number of carbonyl (C=O) groups excluding carboxylic acids is 2. The number of hydrogen-bond donors (Lipinski definition) is 0. The first kappa shape index (κ1) is 88.9. The number of ketones is 2. The maximum absolute atomic E-state index is 11.3. The molecule has 13 rings (SSSR count). The Balaban J connectivity index is 0.000000302. The van der Waals surface area contributed by atoms with Gasteiger partial charge in [-0.05, 0) is 193 Å². The molecule has 3 aliphatic carbocycles. The van der Waals surface area contributed by atoms with E-state index in [2.05, 4.69) is 262 Å². The molecule has 9 heterocycles. The van der Waals surface area contributed by atoms with Crippen LogP contribution in [0.25, 0.3) is 6.08 Å². The lowest BCUT2D eigenvalue weighted by molar-refractivity contribution is -0.119. The Morgan fingerprint density at radius 1 is 0.365 bits per heavy atom. The standard InChI is InChI=1S/C13H17NO.C12H15NO.C11H13N.C9H12.4C8H11N.C7H10N2.C6H9NO.CH4/c1-13(2,3)11-6-7-14-12-8-9(15)4-5-10(11)12;1-12(2,3)10-4-5-13-11-7-8(14)6-9(10)11;1-8(2)9-6-7-12-11-5-3-4-10(9)11;1-8(2)9-6-4-3-5-7-9;2*1-7(2)8-3-5-9-6-4-8;1-7(2)8-4-3-5-9-6-8;1-7(2)8-5-3-4-6-9-8;1-6(2)7-3-4-8-9-5-7;1-5(2)6-3-7-8-4-6;/h6-7H,4-5,8H2,1-3H3;4-5H,6-7H2,1-3H3;3-4,6-8H,5H2,1-2H3;3-8H,1-2H3;4*3-7H,1-2H3;3-6H,1-2H3;3-5H,1-2H3;1H4. The topological polar surface area (TPSA) is 176 Å². The van der Waals surface area contributed by atoms with E-state index in [4.69, 9.17) is 0 Å². The van der Waals surface area contributed by atoms with Gasteiger partial charge >= 0.3 is 0 Å². The Morgan fingerprint density at radius 3 is 1.25 bits per heavy atom. The number of aromatic nitrogens is 10. The summed E-state index contributed by atoms with van der Waals surface area (Å²) in [5.74, 6) is 5.34. The lowest BCUT2D eigenvalue weighted by Gasteiger charge is -2.26. The molecular weight excluding hydrogens is 1280 g/mol. The molecule has 0 fully saturated rings. The van der Waals surface area contributed by atoms with E-state index in [1.165, 1.54) is 66.9 Å². The van der Waals surface area contributed by atoms with Crippen molar-refractivity contribution in [2.45, 2.75) is 256 Å². The number of benzene rings is 1. The number of pyridine rings is 7. The quantitative estimate of drug-likeness (QED) is 0.141. The molecule has 0 bridgehead atoms. The van der Waals surface area contributed by atoms with E-state index in [1.54, 1.807) is 31.1 Å². The third-order valence-electron chi connectivity index (χ3n) is 17.2. The summed E-state index contributed by atoms with van der Waals surface area (Å²) in [5.41, 5.74) is 20.3. The van der Waals surface area contributed by atoms with Crippen LogP contribution in [0.5, 0.6) is 0 Å². The van der Waals surface area contributed by atoms with Crippen molar-refractivity contribution in [3.8, 4) is 0 Å². The van der Waals surface area contributed by atoms with Gasteiger partial charge in [-0.3, -0.25) is 44.5 Å². The Labute approximate surface area is 626 Å². The molecule has 104 heavy (non-hydrogen) atoms. The van der Waals surface area contributed by atoms with Crippen LogP contribution < -0.4 is 0 Å². The van der Waals surface area contributed by atoms with E-state index < -0.39 is 0 Å². The van der Waals surface area contributed by atoms with Crippen LogP contribution in [0.1, 0.15) is 303 Å². The molecule has 0 aliphatic heterocycles. The third-order valence-corrected chi connectivity index (χ3v) is 17.2. The fraction of sp³-hybridized carbons (Fsp3) is 0.429. The second-order valence-electron chi connectivity index (χ2n) is 30.4. The molecule has 10 aromatic rings. The molecule has 1 aromatic carbocycles. The van der Waals surface area contributed by atoms with Gasteiger partial charge in [0, 0.05) is 112 Å². The summed E-state index contributed by atoms with van der Waals surface area (Å²) in [7, 11) is 0. The predicted octanol–water partition coefficient (Wildman–Crippen LogP) is 22.9. The molecule has 13 heteroatoms. The van der Waals surface area contributed by atoms with Crippen LogP contribution >= 0.6 is 0 Å². The summed E-state index contributed by atoms with van der Waals surface area (Å²) in [5, 5.41) is 11.0. The van der Waals surface area contributed by atoms with Gasteiger partial charge in [0.15, 0.2) is 0 Å². The van der Waals surface area contributed by atoms with Crippen molar-refractivity contribution < 1.29 is 14.1 Å². The number of carbonyl (C=O) groups is 2. The molecule has 0 spiro atoms.